The maximum Gasteiger partial charge on any atom is 0.104 e. The van der Waals surface area contributed by atoms with E-state index in [-0.39, 0.29) is 0 Å². The maximum atomic E-state index is 5.88. The van der Waals surface area contributed by atoms with Gasteiger partial charge in [-0.25, -0.2) is 0 Å². The summed E-state index contributed by atoms with van der Waals surface area (Å²) in [5.41, 5.74) is 0.712. The van der Waals surface area contributed by atoms with Crippen LogP contribution in [0.4, 0.5) is 0 Å². The third-order valence-corrected chi connectivity index (χ3v) is 4.32. The number of rotatable bonds is 3. The molecule has 3 heteroatoms. The second-order valence-corrected chi connectivity index (χ2v) is 5.41. The summed E-state index contributed by atoms with van der Waals surface area (Å²) in [5, 5.41) is 0. The van der Waals surface area contributed by atoms with Gasteiger partial charge in [-0.2, -0.15) is 0 Å². The van der Waals surface area contributed by atoms with E-state index >= 15 is 0 Å². The van der Waals surface area contributed by atoms with Crippen molar-refractivity contribution in [3.8, 4) is 0 Å². The van der Waals surface area contributed by atoms with Crippen molar-refractivity contribution in [3.63, 3.8) is 0 Å². The largest absolute Gasteiger partial charge is 0.375 e. The molecule has 1 saturated heterocycles. The second-order valence-electron chi connectivity index (χ2n) is 4.67. The summed E-state index contributed by atoms with van der Waals surface area (Å²) >= 11 is 0. The summed E-state index contributed by atoms with van der Waals surface area (Å²) in [6.45, 7) is 1.74. The molecule has 2 aliphatic carbocycles. The first-order chi connectivity index (χ1) is 6.33. The van der Waals surface area contributed by atoms with Gasteiger partial charge in [-0.05, 0) is 30.2 Å². The van der Waals surface area contributed by atoms with Gasteiger partial charge in [-0.15, -0.1) is 0 Å². The highest BCUT2D eigenvalue weighted by Crippen LogP contribution is 2.51. The van der Waals surface area contributed by atoms with Gasteiger partial charge in [0.1, 0.15) is 6.10 Å². The van der Waals surface area contributed by atoms with Crippen molar-refractivity contribution in [2.75, 3.05) is 13.2 Å². The SMILES string of the molecule is [Si]C1CC2CC(OCC3CO3)C1C2. The molecule has 71 valence electrons. The molecule has 5 atom stereocenters. The molecule has 0 aromatic heterocycles. The molecule has 13 heavy (non-hydrogen) atoms. The van der Waals surface area contributed by atoms with Crippen LogP contribution < -0.4 is 0 Å². The van der Waals surface area contributed by atoms with E-state index in [0.717, 1.165) is 25.0 Å². The summed E-state index contributed by atoms with van der Waals surface area (Å²) in [4.78, 5) is 0. The molecule has 2 bridgehead atoms. The molecule has 0 amide bonds. The third-order valence-electron chi connectivity index (χ3n) is 3.65. The van der Waals surface area contributed by atoms with Crippen LogP contribution in [0.5, 0.6) is 0 Å². The zero-order valence-corrected chi connectivity index (χ0v) is 8.74. The highest BCUT2D eigenvalue weighted by atomic mass is 28.1. The van der Waals surface area contributed by atoms with E-state index in [9.17, 15) is 0 Å². The lowest BCUT2D eigenvalue weighted by molar-refractivity contribution is 0.00906. The standard InChI is InChI=1S/C10H15O2Si/c13-10-3-6-1-8(10)9(2-6)12-5-7-4-11-7/h6-10H,1-5H2. The molecule has 0 spiro atoms. The smallest absolute Gasteiger partial charge is 0.104 e. The Balaban J connectivity index is 1.53. The summed E-state index contributed by atoms with van der Waals surface area (Å²) in [5.74, 6) is 1.71. The minimum Gasteiger partial charge on any atom is -0.375 e. The van der Waals surface area contributed by atoms with E-state index in [0.29, 0.717) is 17.7 Å². The summed E-state index contributed by atoms with van der Waals surface area (Å²) in [6, 6.07) is 0. The Kier molecular flexibility index (Phi) is 2.00. The molecule has 1 heterocycles. The van der Waals surface area contributed by atoms with E-state index in [1.54, 1.807) is 0 Å². The van der Waals surface area contributed by atoms with E-state index in [1.165, 1.54) is 19.3 Å². The van der Waals surface area contributed by atoms with E-state index in [1.807, 2.05) is 0 Å². The maximum absolute atomic E-state index is 5.88. The van der Waals surface area contributed by atoms with E-state index in [4.69, 9.17) is 9.47 Å². The van der Waals surface area contributed by atoms with Crippen LogP contribution in [0, 0.1) is 11.8 Å². The van der Waals surface area contributed by atoms with Crippen LogP contribution in [0.15, 0.2) is 0 Å². The Morgan fingerprint density at radius 2 is 2.15 bits per heavy atom. The monoisotopic (exact) mass is 195 g/mol. The topological polar surface area (TPSA) is 21.8 Å². The molecule has 3 rings (SSSR count). The lowest BCUT2D eigenvalue weighted by atomic mass is 9.97. The predicted octanol–water partition coefficient (Wildman–Crippen LogP) is 1.16. The first-order valence-corrected chi connectivity index (χ1v) is 5.85. The van der Waals surface area contributed by atoms with Crippen molar-refractivity contribution < 1.29 is 9.47 Å². The fourth-order valence-electron chi connectivity index (χ4n) is 2.87. The molecule has 2 nitrogen and oxygen atoms in total. The molecule has 3 fully saturated rings. The summed E-state index contributed by atoms with van der Waals surface area (Å²) in [7, 11) is 3.80. The predicted molar refractivity (Wildman–Crippen MR) is 49.8 cm³/mol. The van der Waals surface area contributed by atoms with Gasteiger partial charge in [0.05, 0.1) is 19.3 Å². The molecule has 3 aliphatic rings. The van der Waals surface area contributed by atoms with Gasteiger partial charge in [0.25, 0.3) is 0 Å². The Morgan fingerprint density at radius 3 is 2.77 bits per heavy atom. The lowest BCUT2D eigenvalue weighted by Gasteiger charge is -2.26. The zero-order chi connectivity index (χ0) is 8.84. The molecular formula is C10H15O2Si. The molecule has 1 aliphatic heterocycles. The fraction of sp³-hybridized carbons (Fsp3) is 1.00. The van der Waals surface area contributed by atoms with Gasteiger partial charge in [0.2, 0.25) is 0 Å². The lowest BCUT2D eigenvalue weighted by Crippen LogP contribution is -2.26. The van der Waals surface area contributed by atoms with E-state index in [2.05, 4.69) is 10.2 Å². The van der Waals surface area contributed by atoms with Crippen LogP contribution in [0.2, 0.25) is 5.54 Å². The first kappa shape index (κ1) is 8.45. The van der Waals surface area contributed by atoms with Gasteiger partial charge in [-0.3, -0.25) is 0 Å². The van der Waals surface area contributed by atoms with Gasteiger partial charge < -0.3 is 9.47 Å². The molecule has 3 radical (unpaired) electrons. The average Bonchev–Trinajstić information content (AvgIpc) is 2.76. The van der Waals surface area contributed by atoms with Crippen molar-refractivity contribution in [3.05, 3.63) is 0 Å². The van der Waals surface area contributed by atoms with Crippen LogP contribution in [-0.4, -0.2) is 35.7 Å². The van der Waals surface area contributed by atoms with Gasteiger partial charge >= 0.3 is 0 Å². The highest BCUT2D eigenvalue weighted by molar-refractivity contribution is 6.12. The second kappa shape index (κ2) is 3.07. The Bertz CT molecular complexity index is 205. The Hall–Kier alpha value is 0.137. The third kappa shape index (κ3) is 1.58. The van der Waals surface area contributed by atoms with Gasteiger partial charge in [0, 0.05) is 10.2 Å². The van der Waals surface area contributed by atoms with Crippen molar-refractivity contribution in [1.82, 2.24) is 0 Å². The Morgan fingerprint density at radius 1 is 1.31 bits per heavy atom. The summed E-state index contributed by atoms with van der Waals surface area (Å²) in [6.07, 6.45) is 4.97. The zero-order valence-electron chi connectivity index (χ0n) is 7.74. The van der Waals surface area contributed by atoms with Crippen LogP contribution >= 0.6 is 0 Å². The van der Waals surface area contributed by atoms with Crippen LogP contribution in [0.25, 0.3) is 0 Å². The number of ether oxygens (including phenoxy) is 2. The molecule has 5 unspecified atom stereocenters. The van der Waals surface area contributed by atoms with Crippen molar-refractivity contribution in [1.29, 1.82) is 0 Å². The van der Waals surface area contributed by atoms with Crippen LogP contribution in [-0.2, 0) is 9.47 Å². The average molecular weight is 195 g/mol. The number of hydrogen-bond acceptors (Lipinski definition) is 2. The quantitative estimate of drug-likeness (QED) is 0.498. The number of fused-ring (bicyclic) bond motifs is 2. The number of hydrogen-bond donors (Lipinski definition) is 0. The van der Waals surface area contributed by atoms with E-state index < -0.39 is 0 Å². The number of epoxide rings is 1. The van der Waals surface area contributed by atoms with Crippen molar-refractivity contribution in [2.45, 2.75) is 37.0 Å². The summed E-state index contributed by atoms with van der Waals surface area (Å²) < 4.78 is 11.0. The first-order valence-electron chi connectivity index (χ1n) is 5.27. The molecule has 0 aromatic carbocycles. The van der Waals surface area contributed by atoms with Crippen LogP contribution in [0.3, 0.4) is 0 Å². The molecule has 0 aromatic rings. The fourth-order valence-corrected chi connectivity index (χ4v) is 3.56. The van der Waals surface area contributed by atoms with Gasteiger partial charge in [0.15, 0.2) is 0 Å². The minimum atomic E-state index is 0.423. The van der Waals surface area contributed by atoms with Crippen molar-refractivity contribution >= 4 is 10.2 Å². The molecule has 2 saturated carbocycles. The molecule has 0 N–H and O–H groups in total. The van der Waals surface area contributed by atoms with Gasteiger partial charge in [-0.1, -0.05) is 6.42 Å². The Labute approximate surface area is 82.4 Å². The minimum absolute atomic E-state index is 0.423. The normalized spacial score (nSPS) is 52.8. The van der Waals surface area contributed by atoms with Crippen molar-refractivity contribution in [2.24, 2.45) is 11.8 Å². The van der Waals surface area contributed by atoms with Crippen LogP contribution in [0.1, 0.15) is 19.3 Å². The molecular weight excluding hydrogens is 180 g/mol. The highest BCUT2D eigenvalue weighted by Gasteiger charge is 2.45.